The summed E-state index contributed by atoms with van der Waals surface area (Å²) in [6.45, 7) is 4.46. The molecule has 2 aliphatic heterocycles. The largest absolute Gasteiger partial charge is 0.467 e. The summed E-state index contributed by atoms with van der Waals surface area (Å²) in [4.78, 5) is 27.3. The fourth-order valence-electron chi connectivity index (χ4n) is 4.22. The molecule has 1 amide bonds. The molecule has 0 radical (unpaired) electrons. The van der Waals surface area contributed by atoms with Gasteiger partial charge in [0, 0.05) is 11.3 Å². The van der Waals surface area contributed by atoms with Crippen molar-refractivity contribution in [2.45, 2.75) is 37.8 Å². The minimum Gasteiger partial charge on any atom is -0.467 e. The van der Waals surface area contributed by atoms with E-state index < -0.39 is 12.0 Å². The highest BCUT2D eigenvalue weighted by Crippen LogP contribution is 2.43. The van der Waals surface area contributed by atoms with Gasteiger partial charge in [-0.1, -0.05) is 29.8 Å². The molecule has 162 valence electrons. The summed E-state index contributed by atoms with van der Waals surface area (Å²) in [5, 5.41) is 6.25. The van der Waals surface area contributed by atoms with E-state index in [4.69, 9.17) is 9.47 Å². The number of esters is 1. The van der Waals surface area contributed by atoms with Crippen LogP contribution in [-0.2, 0) is 26.3 Å². The first-order valence-electron chi connectivity index (χ1n) is 9.95. The lowest BCUT2D eigenvalue weighted by atomic mass is 9.83. The number of thiophene rings is 1. The van der Waals surface area contributed by atoms with Gasteiger partial charge in [-0.25, -0.2) is 4.79 Å². The number of hydrogen-bond acceptors (Lipinski definition) is 6. The number of methoxy groups -OCH3 is 1. The number of carbonyl (C=O) groups excluding carboxylic acids is 2. The second-order valence-corrected chi connectivity index (χ2v) is 8.77. The molecular formula is C22H27ClN2O4S. The SMILES string of the molecule is COC(=O)C(NC(=O)c1cc2c(s1)CCOC21CCNCC1)c1cccc(C)c1.Cl. The van der Waals surface area contributed by atoms with E-state index in [2.05, 4.69) is 10.6 Å². The molecule has 4 rings (SSSR count). The molecule has 1 aromatic carbocycles. The van der Waals surface area contributed by atoms with Crippen LogP contribution in [0.25, 0.3) is 0 Å². The van der Waals surface area contributed by atoms with Gasteiger partial charge >= 0.3 is 5.97 Å². The van der Waals surface area contributed by atoms with E-state index in [0.717, 1.165) is 43.5 Å². The third-order valence-electron chi connectivity index (χ3n) is 5.73. The molecule has 8 heteroatoms. The molecule has 1 atom stereocenters. The minimum absolute atomic E-state index is 0. The zero-order valence-corrected chi connectivity index (χ0v) is 18.8. The maximum Gasteiger partial charge on any atom is 0.333 e. The van der Waals surface area contributed by atoms with Gasteiger partial charge in [-0.2, -0.15) is 0 Å². The van der Waals surface area contributed by atoms with Crippen molar-refractivity contribution in [3.8, 4) is 0 Å². The van der Waals surface area contributed by atoms with Gasteiger partial charge in [0.2, 0.25) is 0 Å². The fraction of sp³-hybridized carbons (Fsp3) is 0.455. The molecular weight excluding hydrogens is 424 g/mol. The quantitative estimate of drug-likeness (QED) is 0.699. The number of piperidine rings is 1. The zero-order chi connectivity index (χ0) is 20.4. The second-order valence-electron chi connectivity index (χ2n) is 7.63. The van der Waals surface area contributed by atoms with Gasteiger partial charge in [-0.3, -0.25) is 4.79 Å². The van der Waals surface area contributed by atoms with Crippen LogP contribution in [0.15, 0.2) is 30.3 Å². The molecule has 30 heavy (non-hydrogen) atoms. The van der Waals surface area contributed by atoms with Crippen LogP contribution in [0, 0.1) is 6.92 Å². The van der Waals surface area contributed by atoms with E-state index in [0.29, 0.717) is 17.0 Å². The highest BCUT2D eigenvalue weighted by atomic mass is 35.5. The van der Waals surface area contributed by atoms with Gasteiger partial charge in [0.25, 0.3) is 5.91 Å². The molecule has 1 aromatic heterocycles. The van der Waals surface area contributed by atoms with E-state index in [9.17, 15) is 9.59 Å². The van der Waals surface area contributed by atoms with Gasteiger partial charge in [0.05, 0.1) is 24.2 Å². The van der Waals surface area contributed by atoms with E-state index in [1.807, 2.05) is 37.3 Å². The van der Waals surface area contributed by atoms with Crippen LogP contribution in [0.4, 0.5) is 0 Å². The topological polar surface area (TPSA) is 76.7 Å². The van der Waals surface area contributed by atoms with Crippen molar-refractivity contribution in [3.05, 3.63) is 56.8 Å². The number of rotatable bonds is 4. The molecule has 0 bridgehead atoms. The van der Waals surface area contributed by atoms with Crippen molar-refractivity contribution in [1.29, 1.82) is 0 Å². The van der Waals surface area contributed by atoms with Crippen molar-refractivity contribution < 1.29 is 19.1 Å². The van der Waals surface area contributed by atoms with Crippen molar-refractivity contribution in [2.75, 3.05) is 26.8 Å². The maximum absolute atomic E-state index is 13.1. The van der Waals surface area contributed by atoms with Gasteiger partial charge in [0.15, 0.2) is 6.04 Å². The highest BCUT2D eigenvalue weighted by molar-refractivity contribution is 7.14. The van der Waals surface area contributed by atoms with E-state index in [-0.39, 0.29) is 23.9 Å². The monoisotopic (exact) mass is 450 g/mol. The Hall–Kier alpha value is -1.93. The number of carbonyl (C=O) groups is 2. The van der Waals surface area contributed by atoms with Gasteiger partial charge in [-0.15, -0.1) is 23.7 Å². The Bertz CT molecular complexity index is 924. The number of aryl methyl sites for hydroxylation is 1. The first-order valence-corrected chi connectivity index (χ1v) is 10.8. The molecule has 0 aliphatic carbocycles. The number of hydrogen-bond donors (Lipinski definition) is 2. The van der Waals surface area contributed by atoms with Crippen LogP contribution in [0.2, 0.25) is 0 Å². The molecule has 3 heterocycles. The number of fused-ring (bicyclic) bond motifs is 2. The summed E-state index contributed by atoms with van der Waals surface area (Å²) in [5.74, 6) is -0.742. The minimum atomic E-state index is -0.837. The third kappa shape index (κ3) is 4.39. The van der Waals surface area contributed by atoms with Crippen LogP contribution < -0.4 is 10.6 Å². The van der Waals surface area contributed by atoms with Crippen LogP contribution in [0.5, 0.6) is 0 Å². The zero-order valence-electron chi connectivity index (χ0n) is 17.2. The molecule has 2 N–H and O–H groups in total. The summed E-state index contributed by atoms with van der Waals surface area (Å²) in [6.07, 6.45) is 2.64. The van der Waals surface area contributed by atoms with Gasteiger partial charge < -0.3 is 20.1 Å². The first-order chi connectivity index (χ1) is 14.0. The summed E-state index contributed by atoms with van der Waals surface area (Å²) in [6, 6.07) is 8.66. The predicted octanol–water partition coefficient (Wildman–Crippen LogP) is 3.27. The molecule has 0 saturated carbocycles. The number of ether oxygens (including phenoxy) is 2. The smallest absolute Gasteiger partial charge is 0.333 e. The number of nitrogens with one attached hydrogen (secondary N) is 2. The van der Waals surface area contributed by atoms with Crippen LogP contribution in [-0.4, -0.2) is 38.7 Å². The van der Waals surface area contributed by atoms with Crippen LogP contribution >= 0.6 is 23.7 Å². The standard InChI is InChI=1S/C22H26N2O4S.ClH/c1-14-4-3-5-15(12-14)19(21(26)27-2)24-20(25)18-13-16-17(29-18)6-11-28-22(16)7-9-23-10-8-22;/h3-5,12-13,19,23H,6-11H2,1-2H3,(H,24,25);1H. The van der Waals surface area contributed by atoms with E-state index >= 15 is 0 Å². The lowest BCUT2D eigenvalue weighted by Gasteiger charge is -2.40. The highest BCUT2D eigenvalue weighted by Gasteiger charge is 2.41. The average Bonchev–Trinajstić information content (AvgIpc) is 3.18. The third-order valence-corrected chi connectivity index (χ3v) is 6.92. The lowest BCUT2D eigenvalue weighted by molar-refractivity contribution is -0.143. The van der Waals surface area contributed by atoms with Crippen molar-refractivity contribution >= 4 is 35.6 Å². The summed E-state index contributed by atoms with van der Waals surface area (Å²) in [5.41, 5.74) is 2.59. The van der Waals surface area contributed by atoms with Crippen molar-refractivity contribution in [2.24, 2.45) is 0 Å². The van der Waals surface area contributed by atoms with E-state index in [1.54, 1.807) is 0 Å². The fourth-order valence-corrected chi connectivity index (χ4v) is 5.36. The van der Waals surface area contributed by atoms with Crippen molar-refractivity contribution in [1.82, 2.24) is 10.6 Å². The molecule has 2 aromatic rings. The Morgan fingerprint density at radius 1 is 1.27 bits per heavy atom. The molecule has 1 spiro atoms. The second kappa shape index (κ2) is 9.47. The molecule has 2 aliphatic rings. The Morgan fingerprint density at radius 2 is 2.03 bits per heavy atom. The van der Waals surface area contributed by atoms with E-state index in [1.165, 1.54) is 23.3 Å². The number of halogens is 1. The molecule has 1 unspecified atom stereocenters. The Morgan fingerprint density at radius 3 is 2.73 bits per heavy atom. The summed E-state index contributed by atoms with van der Waals surface area (Å²) >= 11 is 1.51. The maximum atomic E-state index is 13.1. The summed E-state index contributed by atoms with van der Waals surface area (Å²) < 4.78 is 11.1. The molecule has 1 fully saturated rings. The number of amides is 1. The Kier molecular flexibility index (Phi) is 7.18. The van der Waals surface area contributed by atoms with Gasteiger partial charge in [0.1, 0.15) is 0 Å². The van der Waals surface area contributed by atoms with Gasteiger partial charge in [-0.05, 0) is 50.0 Å². The predicted molar refractivity (Wildman–Crippen MR) is 118 cm³/mol. The molecule has 6 nitrogen and oxygen atoms in total. The average molecular weight is 451 g/mol. The molecule has 1 saturated heterocycles. The van der Waals surface area contributed by atoms with Crippen LogP contribution in [0.3, 0.4) is 0 Å². The Balaban J connectivity index is 0.00000256. The Labute approximate surface area is 186 Å². The first kappa shape index (κ1) is 22.7. The number of benzene rings is 1. The van der Waals surface area contributed by atoms with Crippen molar-refractivity contribution in [3.63, 3.8) is 0 Å². The normalized spacial score (nSPS) is 18.1. The summed E-state index contributed by atoms with van der Waals surface area (Å²) in [7, 11) is 1.33. The lowest BCUT2D eigenvalue weighted by Crippen LogP contribution is -2.44. The van der Waals surface area contributed by atoms with Crippen LogP contribution in [0.1, 0.15) is 50.1 Å².